The Hall–Kier alpha value is -0.120. The molecule has 0 aromatic heterocycles. The minimum atomic E-state index is -0.104. The van der Waals surface area contributed by atoms with Gasteiger partial charge in [-0.05, 0) is 52.0 Å². The van der Waals surface area contributed by atoms with Crippen LogP contribution in [-0.4, -0.2) is 74.0 Å². The van der Waals surface area contributed by atoms with E-state index in [2.05, 4.69) is 22.5 Å². The molecule has 1 saturated carbocycles. The van der Waals surface area contributed by atoms with Gasteiger partial charge in [0.25, 0.3) is 0 Å². The Morgan fingerprint density at radius 2 is 1.88 bits per heavy atom. The van der Waals surface area contributed by atoms with Crippen molar-refractivity contribution in [2.24, 2.45) is 4.99 Å². The first-order valence-corrected chi connectivity index (χ1v) is 9.31. The Morgan fingerprint density at radius 1 is 1.17 bits per heavy atom. The maximum atomic E-state index is 9.59. The van der Waals surface area contributed by atoms with Gasteiger partial charge in [0.05, 0.1) is 19.3 Å². The van der Waals surface area contributed by atoms with Crippen LogP contribution in [0.15, 0.2) is 4.99 Å². The Labute approximate surface area is 163 Å². The predicted octanol–water partition coefficient (Wildman–Crippen LogP) is 1.58. The van der Waals surface area contributed by atoms with Crippen LogP contribution in [0, 0.1) is 0 Å². The average Bonchev–Trinajstić information content (AvgIpc) is 2.57. The third kappa shape index (κ3) is 8.82. The van der Waals surface area contributed by atoms with E-state index in [9.17, 15) is 5.11 Å². The second-order valence-corrected chi connectivity index (χ2v) is 6.57. The zero-order chi connectivity index (χ0) is 16.3. The van der Waals surface area contributed by atoms with Gasteiger partial charge in [-0.15, -0.1) is 24.0 Å². The lowest BCUT2D eigenvalue weighted by molar-refractivity contribution is 0.0373. The number of aliphatic hydroxyl groups is 1. The minimum Gasteiger partial charge on any atom is -0.393 e. The molecule has 0 aromatic rings. The summed E-state index contributed by atoms with van der Waals surface area (Å²) in [6.07, 6.45) is 6.07. The Bertz CT molecular complexity index is 343. The van der Waals surface area contributed by atoms with E-state index in [-0.39, 0.29) is 30.1 Å². The van der Waals surface area contributed by atoms with Crippen molar-refractivity contribution < 1.29 is 9.84 Å². The summed E-state index contributed by atoms with van der Waals surface area (Å²) < 4.78 is 5.37. The molecule has 0 atom stereocenters. The summed E-state index contributed by atoms with van der Waals surface area (Å²) in [5.41, 5.74) is 0. The molecule has 7 heteroatoms. The SMILES string of the molecule is CCNC(=NCCCCN1CCOCC1)NC1CCC(O)CC1.I. The summed E-state index contributed by atoms with van der Waals surface area (Å²) in [4.78, 5) is 7.17. The van der Waals surface area contributed by atoms with Gasteiger partial charge in [-0.25, -0.2) is 0 Å². The molecular weight excluding hydrogens is 419 g/mol. The lowest BCUT2D eigenvalue weighted by atomic mass is 9.93. The van der Waals surface area contributed by atoms with Crippen LogP contribution in [0.1, 0.15) is 45.4 Å². The number of hydrogen-bond acceptors (Lipinski definition) is 4. The van der Waals surface area contributed by atoms with Gasteiger partial charge >= 0.3 is 0 Å². The van der Waals surface area contributed by atoms with Crippen LogP contribution in [0.25, 0.3) is 0 Å². The number of unbranched alkanes of at least 4 members (excludes halogenated alkanes) is 1. The van der Waals surface area contributed by atoms with Gasteiger partial charge < -0.3 is 20.5 Å². The molecule has 2 fully saturated rings. The summed E-state index contributed by atoms with van der Waals surface area (Å²) in [5, 5.41) is 16.4. The molecule has 1 aliphatic carbocycles. The fourth-order valence-electron chi connectivity index (χ4n) is 3.20. The predicted molar refractivity (Wildman–Crippen MR) is 109 cm³/mol. The number of hydrogen-bond donors (Lipinski definition) is 3. The van der Waals surface area contributed by atoms with E-state index in [1.165, 1.54) is 6.42 Å². The molecule has 0 unspecified atom stereocenters. The number of guanidine groups is 1. The molecule has 3 N–H and O–H groups in total. The monoisotopic (exact) mass is 454 g/mol. The fourth-order valence-corrected chi connectivity index (χ4v) is 3.20. The van der Waals surface area contributed by atoms with Gasteiger partial charge in [-0.1, -0.05) is 0 Å². The number of ether oxygens (including phenoxy) is 1. The van der Waals surface area contributed by atoms with Crippen molar-refractivity contribution in [3.05, 3.63) is 0 Å². The average molecular weight is 454 g/mol. The zero-order valence-electron chi connectivity index (χ0n) is 15.0. The van der Waals surface area contributed by atoms with Gasteiger partial charge in [-0.2, -0.15) is 0 Å². The molecular formula is C17H35IN4O2. The third-order valence-electron chi connectivity index (χ3n) is 4.64. The van der Waals surface area contributed by atoms with Gasteiger partial charge in [0.15, 0.2) is 5.96 Å². The molecule has 1 saturated heterocycles. The molecule has 6 nitrogen and oxygen atoms in total. The van der Waals surface area contributed by atoms with Crippen LogP contribution in [0.2, 0.25) is 0 Å². The number of nitrogens with zero attached hydrogens (tertiary/aromatic N) is 2. The molecule has 2 rings (SSSR count). The van der Waals surface area contributed by atoms with E-state index >= 15 is 0 Å². The van der Waals surface area contributed by atoms with Crippen LogP contribution in [0.3, 0.4) is 0 Å². The van der Waals surface area contributed by atoms with Crippen molar-refractivity contribution in [3.8, 4) is 0 Å². The molecule has 0 amide bonds. The van der Waals surface area contributed by atoms with Crippen molar-refractivity contribution in [2.75, 3.05) is 45.9 Å². The molecule has 2 aliphatic rings. The Morgan fingerprint density at radius 3 is 2.54 bits per heavy atom. The highest BCUT2D eigenvalue weighted by atomic mass is 127. The third-order valence-corrected chi connectivity index (χ3v) is 4.64. The van der Waals surface area contributed by atoms with Crippen LogP contribution < -0.4 is 10.6 Å². The first-order chi connectivity index (χ1) is 11.3. The van der Waals surface area contributed by atoms with Gasteiger partial charge in [0.1, 0.15) is 0 Å². The molecule has 1 heterocycles. The van der Waals surface area contributed by atoms with Crippen molar-refractivity contribution in [1.82, 2.24) is 15.5 Å². The number of aliphatic hydroxyl groups excluding tert-OH is 1. The van der Waals surface area contributed by atoms with Crippen LogP contribution in [-0.2, 0) is 4.74 Å². The number of aliphatic imine (C=N–C) groups is 1. The second-order valence-electron chi connectivity index (χ2n) is 6.57. The second kappa shape index (κ2) is 13.1. The lowest BCUT2D eigenvalue weighted by Crippen LogP contribution is -2.45. The van der Waals surface area contributed by atoms with Crippen molar-refractivity contribution >= 4 is 29.9 Å². The van der Waals surface area contributed by atoms with Crippen molar-refractivity contribution in [1.29, 1.82) is 0 Å². The highest BCUT2D eigenvalue weighted by Gasteiger charge is 2.19. The molecule has 0 bridgehead atoms. The topological polar surface area (TPSA) is 69.1 Å². The fraction of sp³-hybridized carbons (Fsp3) is 0.941. The van der Waals surface area contributed by atoms with Gasteiger partial charge in [0, 0.05) is 32.2 Å². The maximum Gasteiger partial charge on any atom is 0.191 e. The number of morpholine rings is 1. The van der Waals surface area contributed by atoms with Crippen LogP contribution in [0.5, 0.6) is 0 Å². The number of rotatable bonds is 7. The largest absolute Gasteiger partial charge is 0.393 e. The molecule has 24 heavy (non-hydrogen) atoms. The molecule has 0 spiro atoms. The maximum absolute atomic E-state index is 9.59. The van der Waals surface area contributed by atoms with E-state index in [1.807, 2.05) is 0 Å². The van der Waals surface area contributed by atoms with E-state index in [0.29, 0.717) is 6.04 Å². The standard InChI is InChI=1S/C17H34N4O2.HI/c1-2-18-17(20-15-5-7-16(22)8-6-15)19-9-3-4-10-21-11-13-23-14-12-21;/h15-16,22H,2-14H2,1H3,(H2,18,19,20);1H. The first-order valence-electron chi connectivity index (χ1n) is 9.31. The molecule has 1 aliphatic heterocycles. The van der Waals surface area contributed by atoms with E-state index in [4.69, 9.17) is 9.73 Å². The normalized spacial score (nSPS) is 25.8. The quantitative estimate of drug-likeness (QED) is 0.236. The number of nitrogens with one attached hydrogen (secondary N) is 2. The van der Waals surface area contributed by atoms with Gasteiger partial charge in [-0.3, -0.25) is 9.89 Å². The van der Waals surface area contributed by atoms with Crippen LogP contribution >= 0.6 is 24.0 Å². The smallest absolute Gasteiger partial charge is 0.191 e. The molecule has 142 valence electrons. The van der Waals surface area contributed by atoms with Gasteiger partial charge in [0.2, 0.25) is 0 Å². The highest BCUT2D eigenvalue weighted by Crippen LogP contribution is 2.18. The van der Waals surface area contributed by atoms with E-state index < -0.39 is 0 Å². The summed E-state index contributed by atoms with van der Waals surface area (Å²) in [6, 6.07) is 0.449. The van der Waals surface area contributed by atoms with Crippen LogP contribution in [0.4, 0.5) is 0 Å². The Kier molecular flexibility index (Phi) is 12.0. The summed E-state index contributed by atoms with van der Waals surface area (Å²) >= 11 is 0. The first kappa shape index (κ1) is 21.9. The lowest BCUT2D eigenvalue weighted by Gasteiger charge is -2.27. The Balaban J connectivity index is 0.00000288. The zero-order valence-corrected chi connectivity index (χ0v) is 17.3. The summed E-state index contributed by atoms with van der Waals surface area (Å²) in [6.45, 7) is 8.90. The molecule has 0 aromatic carbocycles. The minimum absolute atomic E-state index is 0. The van der Waals surface area contributed by atoms with E-state index in [1.54, 1.807) is 0 Å². The molecule has 0 radical (unpaired) electrons. The highest BCUT2D eigenvalue weighted by molar-refractivity contribution is 14.0. The van der Waals surface area contributed by atoms with E-state index in [0.717, 1.165) is 84.0 Å². The number of halogens is 1. The summed E-state index contributed by atoms with van der Waals surface area (Å²) in [7, 11) is 0. The van der Waals surface area contributed by atoms with Crippen molar-refractivity contribution in [2.45, 2.75) is 57.6 Å². The summed E-state index contributed by atoms with van der Waals surface area (Å²) in [5.74, 6) is 0.931. The van der Waals surface area contributed by atoms with Crippen molar-refractivity contribution in [3.63, 3.8) is 0 Å².